The molecule has 2 saturated heterocycles. The van der Waals surface area contributed by atoms with Crippen molar-refractivity contribution in [1.29, 1.82) is 0 Å². The first-order valence-corrected chi connectivity index (χ1v) is 12.4. The zero-order valence-electron chi connectivity index (χ0n) is 19.7. The molecule has 3 aromatic rings. The third-order valence-electron chi connectivity index (χ3n) is 7.15. The monoisotopic (exact) mass is 474 g/mol. The Kier molecular flexibility index (Phi) is 5.87. The SMILES string of the molecule is OC[C@H]1CCCN1c1cc(N2CCc3c(-c4cccc(O)c4)nc(N4CCOCC4)nc32)ccn1. The van der Waals surface area contributed by atoms with Crippen molar-refractivity contribution >= 4 is 23.3 Å². The maximum atomic E-state index is 10.1. The largest absolute Gasteiger partial charge is 0.508 e. The van der Waals surface area contributed by atoms with Crippen LogP contribution in [0.5, 0.6) is 5.75 Å². The molecule has 182 valence electrons. The molecule has 2 fully saturated rings. The summed E-state index contributed by atoms with van der Waals surface area (Å²) in [7, 11) is 0. The molecule has 1 aromatic carbocycles. The molecular formula is C26H30N6O3. The van der Waals surface area contributed by atoms with Gasteiger partial charge in [0.25, 0.3) is 0 Å². The Bertz CT molecular complexity index is 1220. The molecule has 3 aliphatic rings. The molecule has 1 atom stereocenters. The van der Waals surface area contributed by atoms with Crippen LogP contribution in [-0.2, 0) is 11.2 Å². The van der Waals surface area contributed by atoms with Crippen LogP contribution in [0.25, 0.3) is 11.3 Å². The average Bonchev–Trinajstić information content (AvgIpc) is 3.56. The van der Waals surface area contributed by atoms with Gasteiger partial charge in [-0.1, -0.05) is 12.1 Å². The van der Waals surface area contributed by atoms with E-state index in [0.29, 0.717) is 19.2 Å². The number of aromatic hydroxyl groups is 1. The van der Waals surface area contributed by atoms with Gasteiger partial charge in [-0.15, -0.1) is 0 Å². The fraction of sp³-hybridized carbons (Fsp3) is 0.423. The van der Waals surface area contributed by atoms with Gasteiger partial charge in [0, 0.05) is 55.3 Å². The summed E-state index contributed by atoms with van der Waals surface area (Å²) in [5.41, 5.74) is 3.87. The van der Waals surface area contributed by atoms with Crippen LogP contribution in [0.2, 0.25) is 0 Å². The minimum absolute atomic E-state index is 0.122. The van der Waals surface area contributed by atoms with Crippen molar-refractivity contribution in [1.82, 2.24) is 15.0 Å². The standard InChI is InChI=1S/C26H30N6O3/c33-17-20-4-2-9-31(20)23-16-19(6-8-27-23)32-10-7-22-24(18-3-1-5-21(34)15-18)28-26(29-25(22)32)30-11-13-35-14-12-30/h1,3,5-6,8,15-16,20,33-34H,2,4,7,9-14,17H2/t20-/m1/s1. The number of hydrogen-bond acceptors (Lipinski definition) is 9. The summed E-state index contributed by atoms with van der Waals surface area (Å²) in [6.07, 6.45) is 4.70. The van der Waals surface area contributed by atoms with Crippen LogP contribution in [0.1, 0.15) is 18.4 Å². The summed E-state index contributed by atoms with van der Waals surface area (Å²) in [4.78, 5) is 21.3. The number of aliphatic hydroxyl groups excluding tert-OH is 1. The number of aromatic nitrogens is 3. The molecule has 0 unspecified atom stereocenters. The second-order valence-corrected chi connectivity index (χ2v) is 9.27. The maximum absolute atomic E-state index is 10.1. The van der Waals surface area contributed by atoms with E-state index in [-0.39, 0.29) is 18.4 Å². The number of phenols is 1. The first kappa shape index (κ1) is 22.1. The van der Waals surface area contributed by atoms with E-state index in [1.54, 1.807) is 12.1 Å². The normalized spacial score (nSPS) is 19.9. The topological polar surface area (TPSA) is 98.1 Å². The highest BCUT2D eigenvalue weighted by molar-refractivity contribution is 5.78. The van der Waals surface area contributed by atoms with Gasteiger partial charge in [0.2, 0.25) is 5.95 Å². The number of fused-ring (bicyclic) bond motifs is 1. The second-order valence-electron chi connectivity index (χ2n) is 9.27. The van der Waals surface area contributed by atoms with Crippen LogP contribution < -0.4 is 14.7 Å². The van der Waals surface area contributed by atoms with E-state index in [1.807, 2.05) is 24.4 Å². The Labute approximate surface area is 204 Å². The van der Waals surface area contributed by atoms with E-state index in [1.165, 1.54) is 0 Å². The van der Waals surface area contributed by atoms with Gasteiger partial charge in [-0.3, -0.25) is 0 Å². The van der Waals surface area contributed by atoms with E-state index in [0.717, 1.165) is 79.6 Å². The molecule has 0 amide bonds. The van der Waals surface area contributed by atoms with Crippen LogP contribution in [0.3, 0.4) is 0 Å². The van der Waals surface area contributed by atoms with Crippen LogP contribution in [0.15, 0.2) is 42.6 Å². The lowest BCUT2D eigenvalue weighted by atomic mass is 10.1. The molecule has 3 aliphatic heterocycles. The Morgan fingerprint density at radius 3 is 2.74 bits per heavy atom. The van der Waals surface area contributed by atoms with E-state index in [2.05, 4.69) is 25.8 Å². The summed E-state index contributed by atoms with van der Waals surface area (Å²) in [5, 5.41) is 19.9. The van der Waals surface area contributed by atoms with E-state index >= 15 is 0 Å². The van der Waals surface area contributed by atoms with Gasteiger partial charge in [0.15, 0.2) is 0 Å². The zero-order chi connectivity index (χ0) is 23.8. The molecule has 2 aromatic heterocycles. The Morgan fingerprint density at radius 2 is 1.91 bits per heavy atom. The van der Waals surface area contributed by atoms with Gasteiger partial charge in [-0.2, -0.15) is 4.98 Å². The van der Waals surface area contributed by atoms with Gasteiger partial charge in [-0.25, -0.2) is 9.97 Å². The molecular weight excluding hydrogens is 444 g/mol. The Hall–Kier alpha value is -3.43. The maximum Gasteiger partial charge on any atom is 0.228 e. The first-order chi connectivity index (χ1) is 17.2. The van der Waals surface area contributed by atoms with Crippen LogP contribution in [0, 0.1) is 0 Å². The predicted octanol–water partition coefficient (Wildman–Crippen LogP) is 2.74. The van der Waals surface area contributed by atoms with Crippen molar-refractivity contribution in [2.75, 3.05) is 60.7 Å². The molecule has 2 N–H and O–H groups in total. The molecule has 5 heterocycles. The highest BCUT2D eigenvalue weighted by atomic mass is 16.5. The van der Waals surface area contributed by atoms with Crippen molar-refractivity contribution in [3.05, 3.63) is 48.2 Å². The van der Waals surface area contributed by atoms with E-state index < -0.39 is 0 Å². The van der Waals surface area contributed by atoms with Crippen molar-refractivity contribution in [2.24, 2.45) is 0 Å². The number of phenolic OH excluding ortho intramolecular Hbond substituents is 1. The Balaban J connectivity index is 1.42. The number of pyridine rings is 1. The van der Waals surface area contributed by atoms with Crippen LogP contribution >= 0.6 is 0 Å². The Morgan fingerprint density at radius 1 is 1.03 bits per heavy atom. The van der Waals surface area contributed by atoms with Gasteiger partial charge in [0.05, 0.1) is 31.6 Å². The third kappa shape index (κ3) is 4.15. The fourth-order valence-corrected chi connectivity index (χ4v) is 5.35. The lowest BCUT2D eigenvalue weighted by Gasteiger charge is -2.29. The van der Waals surface area contributed by atoms with Crippen molar-refractivity contribution in [3.63, 3.8) is 0 Å². The molecule has 0 saturated carbocycles. The van der Waals surface area contributed by atoms with Gasteiger partial charge in [-0.05, 0) is 37.5 Å². The number of anilines is 4. The predicted molar refractivity (Wildman–Crippen MR) is 135 cm³/mol. The lowest BCUT2D eigenvalue weighted by molar-refractivity contribution is 0.122. The molecule has 0 bridgehead atoms. The second kappa shape index (κ2) is 9.31. The summed E-state index contributed by atoms with van der Waals surface area (Å²) in [5.74, 6) is 2.70. The smallest absolute Gasteiger partial charge is 0.228 e. The lowest BCUT2D eigenvalue weighted by Crippen LogP contribution is -2.37. The number of aliphatic hydroxyl groups is 1. The van der Waals surface area contributed by atoms with Crippen LogP contribution in [0.4, 0.5) is 23.3 Å². The van der Waals surface area contributed by atoms with Crippen molar-refractivity contribution < 1.29 is 14.9 Å². The fourth-order valence-electron chi connectivity index (χ4n) is 5.35. The number of rotatable bonds is 5. The average molecular weight is 475 g/mol. The number of hydrogen-bond donors (Lipinski definition) is 2. The zero-order valence-corrected chi connectivity index (χ0v) is 19.7. The quantitative estimate of drug-likeness (QED) is 0.578. The number of ether oxygens (including phenoxy) is 1. The molecule has 0 spiro atoms. The highest BCUT2D eigenvalue weighted by Crippen LogP contribution is 2.40. The number of nitrogens with zero attached hydrogens (tertiary/aromatic N) is 6. The minimum atomic E-state index is 0.122. The van der Waals surface area contributed by atoms with Gasteiger partial charge in [0.1, 0.15) is 17.4 Å². The van der Waals surface area contributed by atoms with Gasteiger partial charge >= 0.3 is 0 Å². The number of benzene rings is 1. The third-order valence-corrected chi connectivity index (χ3v) is 7.15. The van der Waals surface area contributed by atoms with E-state index in [9.17, 15) is 10.2 Å². The first-order valence-electron chi connectivity index (χ1n) is 12.4. The van der Waals surface area contributed by atoms with Crippen LogP contribution in [-0.4, -0.2) is 77.2 Å². The van der Waals surface area contributed by atoms with E-state index in [4.69, 9.17) is 14.7 Å². The summed E-state index contributed by atoms with van der Waals surface area (Å²) in [6, 6.07) is 11.5. The summed E-state index contributed by atoms with van der Waals surface area (Å²) < 4.78 is 5.54. The molecule has 9 heteroatoms. The molecule has 0 aliphatic carbocycles. The summed E-state index contributed by atoms with van der Waals surface area (Å²) in [6.45, 7) is 4.63. The highest BCUT2D eigenvalue weighted by Gasteiger charge is 2.30. The molecule has 9 nitrogen and oxygen atoms in total. The molecule has 35 heavy (non-hydrogen) atoms. The number of morpholine rings is 1. The van der Waals surface area contributed by atoms with Crippen molar-refractivity contribution in [2.45, 2.75) is 25.3 Å². The molecule has 6 rings (SSSR count). The minimum Gasteiger partial charge on any atom is -0.508 e. The summed E-state index contributed by atoms with van der Waals surface area (Å²) >= 11 is 0. The molecule has 0 radical (unpaired) electrons. The van der Waals surface area contributed by atoms with Gasteiger partial charge < -0.3 is 29.6 Å². The van der Waals surface area contributed by atoms with Crippen molar-refractivity contribution in [3.8, 4) is 17.0 Å².